The Bertz CT molecular complexity index is 454. The highest BCUT2D eigenvalue weighted by Gasteiger charge is 2.30. The van der Waals surface area contributed by atoms with Crippen LogP contribution in [-0.2, 0) is 6.54 Å². The molecule has 4 heteroatoms. The van der Waals surface area contributed by atoms with Crippen molar-refractivity contribution >= 4 is 0 Å². The maximum Gasteiger partial charge on any atom is 0.142 e. The maximum absolute atomic E-state index is 10.5. The Kier molecular flexibility index (Phi) is 5.59. The molecule has 2 N–H and O–H groups in total. The largest absolute Gasteiger partial charge is 0.489 e. The van der Waals surface area contributed by atoms with Crippen molar-refractivity contribution in [3.8, 4) is 5.75 Å². The van der Waals surface area contributed by atoms with Crippen LogP contribution < -0.4 is 10.1 Å². The molecule has 0 atom stereocenters. The molecule has 0 aromatic carbocycles. The van der Waals surface area contributed by atoms with Gasteiger partial charge < -0.3 is 15.2 Å². The van der Waals surface area contributed by atoms with E-state index in [1.54, 1.807) is 0 Å². The number of rotatable bonds is 6. The van der Waals surface area contributed by atoms with Crippen LogP contribution in [-0.4, -0.2) is 28.3 Å². The maximum atomic E-state index is 10.5. The molecule has 1 aliphatic carbocycles. The number of aryl methyl sites for hydroxylation is 1. The van der Waals surface area contributed by atoms with Crippen LogP contribution in [0.2, 0.25) is 0 Å². The minimum Gasteiger partial charge on any atom is -0.489 e. The first-order chi connectivity index (χ1) is 9.98. The minimum absolute atomic E-state index is 0.367. The molecule has 0 amide bonds. The van der Waals surface area contributed by atoms with E-state index in [9.17, 15) is 5.11 Å². The van der Waals surface area contributed by atoms with E-state index >= 15 is 0 Å². The van der Waals surface area contributed by atoms with Crippen LogP contribution in [0.1, 0.15) is 57.3 Å². The monoisotopic (exact) mass is 292 g/mol. The summed E-state index contributed by atoms with van der Waals surface area (Å²) in [6.07, 6.45) is 5.08. The number of nitrogens with one attached hydrogen (secondary N) is 1. The summed E-state index contributed by atoms with van der Waals surface area (Å²) < 4.78 is 5.91. The first-order valence-electron chi connectivity index (χ1n) is 8.04. The van der Waals surface area contributed by atoms with Crippen molar-refractivity contribution in [3.05, 3.63) is 23.5 Å². The lowest BCUT2D eigenvalue weighted by Gasteiger charge is -2.32. The standard InChI is InChI=1S/C17H28N2O2/c1-13(2)18-11-15-16(8-7-14(3)19-15)21-12-17(20)9-5-4-6-10-17/h7-8,13,18,20H,4-6,9-12H2,1-3H3. The van der Waals surface area contributed by atoms with E-state index in [0.717, 1.165) is 42.8 Å². The molecule has 1 heterocycles. The third kappa shape index (κ3) is 4.97. The third-order valence-corrected chi connectivity index (χ3v) is 4.03. The molecule has 0 aliphatic heterocycles. The van der Waals surface area contributed by atoms with E-state index in [-0.39, 0.29) is 0 Å². The number of hydrogen-bond donors (Lipinski definition) is 2. The smallest absolute Gasteiger partial charge is 0.142 e. The first-order valence-corrected chi connectivity index (χ1v) is 8.04. The fourth-order valence-electron chi connectivity index (χ4n) is 2.72. The predicted molar refractivity (Wildman–Crippen MR) is 84.5 cm³/mol. The molecule has 0 saturated heterocycles. The molecule has 0 radical (unpaired) electrons. The van der Waals surface area contributed by atoms with Gasteiger partial charge in [0.1, 0.15) is 12.4 Å². The highest BCUT2D eigenvalue weighted by atomic mass is 16.5. The van der Waals surface area contributed by atoms with E-state index in [2.05, 4.69) is 24.1 Å². The van der Waals surface area contributed by atoms with E-state index < -0.39 is 5.60 Å². The Morgan fingerprint density at radius 2 is 2.00 bits per heavy atom. The van der Waals surface area contributed by atoms with E-state index in [1.165, 1.54) is 6.42 Å². The number of aromatic nitrogens is 1. The summed E-state index contributed by atoms with van der Waals surface area (Å²) in [5.74, 6) is 0.785. The zero-order chi connectivity index (χ0) is 15.3. The van der Waals surface area contributed by atoms with Crippen LogP contribution in [0.15, 0.2) is 12.1 Å². The van der Waals surface area contributed by atoms with Gasteiger partial charge in [-0.1, -0.05) is 33.1 Å². The summed E-state index contributed by atoms with van der Waals surface area (Å²) in [5.41, 5.74) is 1.24. The molecule has 2 rings (SSSR count). The number of pyridine rings is 1. The van der Waals surface area contributed by atoms with Gasteiger partial charge in [0, 0.05) is 18.3 Å². The van der Waals surface area contributed by atoms with Gasteiger partial charge in [0.05, 0.1) is 11.3 Å². The Morgan fingerprint density at radius 3 is 2.67 bits per heavy atom. The van der Waals surface area contributed by atoms with Gasteiger partial charge in [0.2, 0.25) is 0 Å². The van der Waals surface area contributed by atoms with Crippen molar-refractivity contribution in [2.24, 2.45) is 0 Å². The molecule has 0 spiro atoms. The van der Waals surface area contributed by atoms with Gasteiger partial charge >= 0.3 is 0 Å². The summed E-state index contributed by atoms with van der Waals surface area (Å²) in [7, 11) is 0. The Balaban J connectivity index is 2.01. The topological polar surface area (TPSA) is 54.4 Å². The lowest BCUT2D eigenvalue weighted by Crippen LogP contribution is -2.38. The van der Waals surface area contributed by atoms with Crippen molar-refractivity contribution in [1.82, 2.24) is 10.3 Å². The van der Waals surface area contributed by atoms with Gasteiger partial charge in [-0.05, 0) is 31.9 Å². The molecule has 1 aromatic heterocycles. The van der Waals surface area contributed by atoms with E-state index in [0.29, 0.717) is 19.2 Å². The number of aliphatic hydroxyl groups is 1. The average molecular weight is 292 g/mol. The van der Waals surface area contributed by atoms with Crippen LogP contribution in [0, 0.1) is 6.92 Å². The molecule has 0 bridgehead atoms. The summed E-state index contributed by atoms with van der Waals surface area (Å²) >= 11 is 0. The molecular formula is C17H28N2O2. The van der Waals surface area contributed by atoms with Crippen LogP contribution in [0.3, 0.4) is 0 Å². The van der Waals surface area contributed by atoms with Gasteiger partial charge in [0.25, 0.3) is 0 Å². The predicted octanol–water partition coefficient (Wildman–Crippen LogP) is 2.96. The molecule has 118 valence electrons. The number of hydrogen-bond acceptors (Lipinski definition) is 4. The van der Waals surface area contributed by atoms with Crippen molar-refractivity contribution in [2.45, 2.75) is 71.1 Å². The molecular weight excluding hydrogens is 264 g/mol. The summed E-state index contributed by atoms with van der Waals surface area (Å²) in [5, 5.41) is 13.9. The van der Waals surface area contributed by atoms with Crippen molar-refractivity contribution in [3.63, 3.8) is 0 Å². The SMILES string of the molecule is Cc1ccc(OCC2(O)CCCCC2)c(CNC(C)C)n1. The second kappa shape index (κ2) is 7.23. The van der Waals surface area contributed by atoms with Gasteiger partial charge in [-0.25, -0.2) is 0 Å². The molecule has 21 heavy (non-hydrogen) atoms. The normalized spacial score (nSPS) is 18.0. The zero-order valence-electron chi connectivity index (χ0n) is 13.5. The van der Waals surface area contributed by atoms with Crippen LogP contribution >= 0.6 is 0 Å². The Labute approximate surface area is 127 Å². The van der Waals surface area contributed by atoms with Crippen molar-refractivity contribution in [2.75, 3.05) is 6.61 Å². The zero-order valence-corrected chi connectivity index (χ0v) is 13.5. The molecule has 1 saturated carbocycles. The van der Waals surface area contributed by atoms with Gasteiger partial charge in [-0.2, -0.15) is 0 Å². The van der Waals surface area contributed by atoms with E-state index in [1.807, 2.05) is 19.1 Å². The Morgan fingerprint density at radius 1 is 1.29 bits per heavy atom. The van der Waals surface area contributed by atoms with Gasteiger partial charge in [0.15, 0.2) is 0 Å². The Hall–Kier alpha value is -1.13. The third-order valence-electron chi connectivity index (χ3n) is 4.03. The second-order valence-electron chi connectivity index (χ2n) is 6.51. The fraction of sp³-hybridized carbons (Fsp3) is 0.706. The molecule has 1 fully saturated rings. The highest BCUT2D eigenvalue weighted by molar-refractivity contribution is 5.29. The van der Waals surface area contributed by atoms with Crippen LogP contribution in [0.25, 0.3) is 0 Å². The van der Waals surface area contributed by atoms with Gasteiger partial charge in [-0.3, -0.25) is 4.98 Å². The summed E-state index contributed by atoms with van der Waals surface area (Å²) in [6.45, 7) is 7.26. The highest BCUT2D eigenvalue weighted by Crippen LogP contribution is 2.29. The summed E-state index contributed by atoms with van der Waals surface area (Å²) in [6, 6.07) is 4.33. The molecule has 0 unspecified atom stereocenters. The lowest BCUT2D eigenvalue weighted by molar-refractivity contribution is -0.0342. The molecule has 1 aromatic rings. The van der Waals surface area contributed by atoms with E-state index in [4.69, 9.17) is 4.74 Å². The first kappa shape index (κ1) is 16.2. The minimum atomic E-state index is -0.661. The average Bonchev–Trinajstić information content (AvgIpc) is 2.45. The molecule has 4 nitrogen and oxygen atoms in total. The number of ether oxygens (including phenoxy) is 1. The fourth-order valence-corrected chi connectivity index (χ4v) is 2.72. The van der Waals surface area contributed by atoms with Crippen LogP contribution in [0.5, 0.6) is 5.75 Å². The van der Waals surface area contributed by atoms with Crippen molar-refractivity contribution < 1.29 is 9.84 Å². The second-order valence-corrected chi connectivity index (χ2v) is 6.51. The lowest BCUT2D eigenvalue weighted by atomic mass is 9.85. The quantitative estimate of drug-likeness (QED) is 0.846. The molecule has 1 aliphatic rings. The van der Waals surface area contributed by atoms with Crippen molar-refractivity contribution in [1.29, 1.82) is 0 Å². The van der Waals surface area contributed by atoms with Crippen LogP contribution in [0.4, 0.5) is 0 Å². The van der Waals surface area contributed by atoms with Gasteiger partial charge in [-0.15, -0.1) is 0 Å². The number of nitrogens with zero attached hydrogens (tertiary/aromatic N) is 1. The summed E-state index contributed by atoms with van der Waals surface area (Å²) in [4.78, 5) is 4.56.